The van der Waals surface area contributed by atoms with Gasteiger partial charge in [0.05, 0.1) is 5.69 Å². The summed E-state index contributed by atoms with van der Waals surface area (Å²) in [5, 5.41) is 8.52. The Morgan fingerprint density at radius 2 is 2.24 bits per heavy atom. The third-order valence-electron chi connectivity index (χ3n) is 2.71. The molecule has 0 spiro atoms. The maximum Gasteiger partial charge on any atom is 0.0762 e. The van der Waals surface area contributed by atoms with Crippen LogP contribution in [0.1, 0.15) is 24.2 Å². The van der Waals surface area contributed by atoms with Crippen molar-refractivity contribution >= 4 is 11.6 Å². The van der Waals surface area contributed by atoms with E-state index in [-0.39, 0.29) is 6.04 Å². The lowest BCUT2D eigenvalue weighted by atomic mass is 10.1. The van der Waals surface area contributed by atoms with Gasteiger partial charge in [0, 0.05) is 30.9 Å². The number of aromatic nitrogens is 2. The molecule has 1 unspecified atom stereocenters. The molecular formula is C13H16ClN3. The number of nitrogens with zero attached hydrogens (tertiary/aromatic N) is 2. The van der Waals surface area contributed by atoms with Crippen LogP contribution in [0.4, 0.5) is 0 Å². The van der Waals surface area contributed by atoms with Crippen molar-refractivity contribution in [2.75, 3.05) is 0 Å². The van der Waals surface area contributed by atoms with Gasteiger partial charge in [0.1, 0.15) is 0 Å². The summed E-state index contributed by atoms with van der Waals surface area (Å²) < 4.78 is 1.81. The summed E-state index contributed by atoms with van der Waals surface area (Å²) in [4.78, 5) is 0. The minimum Gasteiger partial charge on any atom is -0.304 e. The van der Waals surface area contributed by atoms with Gasteiger partial charge in [-0.15, -0.1) is 0 Å². The summed E-state index contributed by atoms with van der Waals surface area (Å²) in [7, 11) is 1.92. The molecule has 0 aliphatic heterocycles. The van der Waals surface area contributed by atoms with Gasteiger partial charge in [0.15, 0.2) is 0 Å². The Kier molecular flexibility index (Phi) is 3.82. The zero-order chi connectivity index (χ0) is 12.3. The van der Waals surface area contributed by atoms with Crippen LogP contribution >= 0.6 is 11.6 Å². The average molecular weight is 250 g/mol. The van der Waals surface area contributed by atoms with Crippen molar-refractivity contribution < 1.29 is 0 Å². The first-order valence-corrected chi connectivity index (χ1v) is 6.00. The number of hydrogen-bond acceptors (Lipinski definition) is 2. The number of nitrogens with one attached hydrogen (secondary N) is 1. The van der Waals surface area contributed by atoms with Crippen molar-refractivity contribution in [3.05, 3.63) is 52.8 Å². The second-order valence-corrected chi connectivity index (χ2v) is 4.57. The molecule has 17 heavy (non-hydrogen) atoms. The molecular weight excluding hydrogens is 234 g/mol. The zero-order valence-corrected chi connectivity index (χ0v) is 10.8. The number of aryl methyl sites for hydroxylation is 1. The van der Waals surface area contributed by atoms with Crippen molar-refractivity contribution in [1.29, 1.82) is 0 Å². The predicted molar refractivity (Wildman–Crippen MR) is 69.9 cm³/mol. The van der Waals surface area contributed by atoms with Crippen molar-refractivity contribution in [3.8, 4) is 0 Å². The molecule has 1 aromatic carbocycles. The Balaban J connectivity index is 1.95. The second kappa shape index (κ2) is 5.34. The molecule has 2 rings (SSSR count). The van der Waals surface area contributed by atoms with Crippen LogP contribution in [0.3, 0.4) is 0 Å². The highest BCUT2D eigenvalue weighted by Crippen LogP contribution is 2.17. The maximum absolute atomic E-state index is 5.97. The smallest absolute Gasteiger partial charge is 0.0762 e. The summed E-state index contributed by atoms with van der Waals surface area (Å²) in [6.45, 7) is 2.88. The fourth-order valence-electron chi connectivity index (χ4n) is 1.71. The molecule has 3 nitrogen and oxygen atoms in total. The largest absolute Gasteiger partial charge is 0.304 e. The van der Waals surface area contributed by atoms with Crippen LogP contribution in [0.15, 0.2) is 36.5 Å². The molecule has 2 aromatic rings. The lowest BCUT2D eigenvalue weighted by Gasteiger charge is -2.13. The molecule has 1 atom stereocenters. The molecule has 1 aromatic heterocycles. The molecule has 1 N–H and O–H groups in total. The topological polar surface area (TPSA) is 29.9 Å². The summed E-state index contributed by atoms with van der Waals surface area (Å²) in [5.74, 6) is 0. The van der Waals surface area contributed by atoms with Crippen LogP contribution in [0.25, 0.3) is 0 Å². The summed E-state index contributed by atoms with van der Waals surface area (Å²) in [5.41, 5.74) is 2.23. The number of rotatable bonds is 4. The van der Waals surface area contributed by atoms with Crippen LogP contribution in [0.5, 0.6) is 0 Å². The van der Waals surface area contributed by atoms with Crippen molar-refractivity contribution in [2.24, 2.45) is 7.05 Å². The highest BCUT2D eigenvalue weighted by molar-refractivity contribution is 6.30. The van der Waals surface area contributed by atoms with E-state index in [4.69, 9.17) is 11.6 Å². The van der Waals surface area contributed by atoms with Crippen molar-refractivity contribution in [3.63, 3.8) is 0 Å². The highest BCUT2D eigenvalue weighted by atomic mass is 35.5. The number of hydrogen-bond donors (Lipinski definition) is 1. The van der Waals surface area contributed by atoms with Gasteiger partial charge in [0.25, 0.3) is 0 Å². The molecule has 90 valence electrons. The van der Waals surface area contributed by atoms with E-state index in [0.717, 1.165) is 17.3 Å². The normalized spacial score (nSPS) is 12.6. The van der Waals surface area contributed by atoms with E-state index >= 15 is 0 Å². The van der Waals surface area contributed by atoms with Gasteiger partial charge >= 0.3 is 0 Å². The van der Waals surface area contributed by atoms with Crippen LogP contribution in [0.2, 0.25) is 5.02 Å². The summed E-state index contributed by atoms with van der Waals surface area (Å²) in [6.07, 6.45) is 1.95. The third-order valence-corrected chi connectivity index (χ3v) is 2.94. The van der Waals surface area contributed by atoms with Gasteiger partial charge in [-0.3, -0.25) is 4.68 Å². The minimum atomic E-state index is 0.260. The molecule has 1 heterocycles. The molecule has 0 fully saturated rings. The Morgan fingerprint density at radius 3 is 2.88 bits per heavy atom. The van der Waals surface area contributed by atoms with Gasteiger partial charge in [0.2, 0.25) is 0 Å². The zero-order valence-electron chi connectivity index (χ0n) is 10.0. The lowest BCUT2D eigenvalue weighted by molar-refractivity contribution is 0.562. The highest BCUT2D eigenvalue weighted by Gasteiger charge is 2.06. The molecule has 0 amide bonds. The summed E-state index contributed by atoms with van der Waals surface area (Å²) >= 11 is 5.97. The van der Waals surface area contributed by atoms with Gasteiger partial charge in [-0.1, -0.05) is 23.7 Å². The van der Waals surface area contributed by atoms with E-state index in [1.165, 1.54) is 5.56 Å². The van der Waals surface area contributed by atoms with Crippen LogP contribution in [-0.2, 0) is 13.6 Å². The lowest BCUT2D eigenvalue weighted by Crippen LogP contribution is -2.18. The Hall–Kier alpha value is -1.32. The quantitative estimate of drug-likeness (QED) is 0.903. The Bertz CT molecular complexity index is 493. The predicted octanol–water partition coefficient (Wildman–Crippen LogP) is 2.92. The van der Waals surface area contributed by atoms with Gasteiger partial charge in [-0.25, -0.2) is 0 Å². The molecule has 0 aliphatic rings. The fraction of sp³-hybridized carbons (Fsp3) is 0.308. The van der Waals surface area contributed by atoms with Gasteiger partial charge < -0.3 is 5.32 Å². The summed E-state index contributed by atoms with van der Waals surface area (Å²) in [6, 6.07) is 10.2. The van der Waals surface area contributed by atoms with Gasteiger partial charge in [-0.2, -0.15) is 5.10 Å². The average Bonchev–Trinajstić information content (AvgIpc) is 2.72. The van der Waals surface area contributed by atoms with Crippen LogP contribution < -0.4 is 5.32 Å². The first-order valence-electron chi connectivity index (χ1n) is 5.62. The van der Waals surface area contributed by atoms with Crippen molar-refractivity contribution in [2.45, 2.75) is 19.5 Å². The van der Waals surface area contributed by atoms with E-state index in [0.29, 0.717) is 0 Å². The molecule has 0 bridgehead atoms. The van der Waals surface area contributed by atoms with E-state index in [9.17, 15) is 0 Å². The third kappa shape index (κ3) is 3.32. The van der Waals surface area contributed by atoms with Gasteiger partial charge in [-0.05, 0) is 30.7 Å². The van der Waals surface area contributed by atoms with E-state index in [1.54, 1.807) is 4.68 Å². The molecule has 0 saturated carbocycles. The Morgan fingerprint density at radius 1 is 1.41 bits per heavy atom. The molecule has 0 saturated heterocycles. The second-order valence-electron chi connectivity index (χ2n) is 4.14. The van der Waals surface area contributed by atoms with E-state index in [2.05, 4.69) is 23.4 Å². The monoisotopic (exact) mass is 249 g/mol. The maximum atomic E-state index is 5.97. The molecule has 4 heteroatoms. The SMILES string of the molecule is CC(NCc1ccn(C)n1)c1cccc(Cl)c1. The number of halogens is 1. The first-order chi connectivity index (χ1) is 8.15. The van der Waals surface area contributed by atoms with E-state index < -0.39 is 0 Å². The van der Waals surface area contributed by atoms with Crippen LogP contribution in [-0.4, -0.2) is 9.78 Å². The first kappa shape index (κ1) is 12.1. The number of benzene rings is 1. The minimum absolute atomic E-state index is 0.260. The molecule has 0 aliphatic carbocycles. The Labute approximate surface area is 106 Å². The fourth-order valence-corrected chi connectivity index (χ4v) is 1.91. The van der Waals surface area contributed by atoms with E-state index in [1.807, 2.05) is 37.5 Å². The van der Waals surface area contributed by atoms with Crippen LogP contribution in [0, 0.1) is 0 Å². The standard InChI is InChI=1S/C13H16ClN3/c1-10(11-4-3-5-12(14)8-11)15-9-13-6-7-17(2)16-13/h3-8,10,15H,9H2,1-2H3. The molecule has 0 radical (unpaired) electrons. The van der Waals surface area contributed by atoms with Crippen molar-refractivity contribution in [1.82, 2.24) is 15.1 Å².